The Morgan fingerprint density at radius 3 is 2.64 bits per heavy atom. The van der Waals surface area contributed by atoms with Gasteiger partial charge in [0, 0.05) is 5.56 Å². The second kappa shape index (κ2) is 2.74. The fourth-order valence-corrected chi connectivity index (χ4v) is 1.01. The molecule has 0 bridgehead atoms. The van der Waals surface area contributed by atoms with Gasteiger partial charge in [0.15, 0.2) is 5.15 Å². The van der Waals surface area contributed by atoms with Gasteiger partial charge in [-0.2, -0.15) is 0 Å². The third kappa shape index (κ3) is 1.87. The van der Waals surface area contributed by atoms with E-state index in [2.05, 4.69) is 16.4 Å². The molecule has 0 amide bonds. The summed E-state index contributed by atoms with van der Waals surface area (Å²) in [6.07, 6.45) is 2.42. The average molecular weight is 174 g/mol. The largest absolute Gasteiger partial charge is 0.239 e. The minimum absolute atomic E-state index is 0.0938. The van der Waals surface area contributed by atoms with Crippen molar-refractivity contribution in [1.29, 1.82) is 0 Å². The fourth-order valence-electron chi connectivity index (χ4n) is 0.696. The molecule has 0 spiro atoms. The van der Waals surface area contributed by atoms with E-state index in [4.69, 9.17) is 11.6 Å². The zero-order valence-corrected chi connectivity index (χ0v) is 6.98. The maximum Gasteiger partial charge on any atom is 0.158 e. The number of halogens is 2. The smallest absolute Gasteiger partial charge is 0.158 e. The van der Waals surface area contributed by atoms with E-state index in [1.165, 1.54) is 19.9 Å². The van der Waals surface area contributed by atoms with Crippen LogP contribution in [0.25, 0.3) is 0 Å². The Bertz CT molecular complexity index is 257. The van der Waals surface area contributed by atoms with E-state index >= 15 is 0 Å². The van der Waals surface area contributed by atoms with E-state index in [-0.39, 0.29) is 5.15 Å². The molecule has 1 aromatic rings. The molecule has 0 N–H and O–H groups in total. The van der Waals surface area contributed by atoms with E-state index in [0.717, 1.165) is 0 Å². The van der Waals surface area contributed by atoms with E-state index in [9.17, 15) is 4.39 Å². The van der Waals surface area contributed by atoms with Crippen LogP contribution in [0.3, 0.4) is 0 Å². The molecular weight excluding hydrogens is 167 g/mol. The predicted molar refractivity (Wildman–Crippen MR) is 40.0 cm³/mol. The van der Waals surface area contributed by atoms with Crippen LogP contribution < -0.4 is 0 Å². The highest BCUT2D eigenvalue weighted by atomic mass is 35.5. The van der Waals surface area contributed by atoms with Crippen LogP contribution in [-0.2, 0) is 5.67 Å². The average Bonchev–Trinajstić information content (AvgIpc) is 1.86. The Balaban J connectivity index is 3.14. The van der Waals surface area contributed by atoms with Crippen molar-refractivity contribution in [3.63, 3.8) is 0 Å². The van der Waals surface area contributed by atoms with Crippen molar-refractivity contribution in [2.45, 2.75) is 19.5 Å². The number of hydrogen-bond acceptors (Lipinski definition) is 2. The first-order valence-corrected chi connectivity index (χ1v) is 3.48. The molecule has 1 heterocycles. The van der Waals surface area contributed by atoms with Crippen LogP contribution in [0.1, 0.15) is 19.4 Å². The van der Waals surface area contributed by atoms with Crippen LogP contribution in [0.2, 0.25) is 5.15 Å². The zero-order chi connectivity index (χ0) is 8.48. The molecule has 0 fully saturated rings. The Labute approximate surface area is 69.4 Å². The van der Waals surface area contributed by atoms with Crippen molar-refractivity contribution in [3.05, 3.63) is 23.0 Å². The van der Waals surface area contributed by atoms with Gasteiger partial charge < -0.3 is 0 Å². The zero-order valence-electron chi connectivity index (χ0n) is 6.23. The van der Waals surface area contributed by atoms with Gasteiger partial charge in [0.2, 0.25) is 0 Å². The highest BCUT2D eigenvalue weighted by molar-refractivity contribution is 6.30. The molecule has 0 aliphatic carbocycles. The van der Waals surface area contributed by atoms with Crippen LogP contribution in [0.15, 0.2) is 6.07 Å². The summed E-state index contributed by atoms with van der Waals surface area (Å²) in [4.78, 5) is 0. The summed E-state index contributed by atoms with van der Waals surface area (Å²) < 4.78 is 13.2. The molecule has 4 heteroatoms. The Hall–Kier alpha value is -0.700. The summed E-state index contributed by atoms with van der Waals surface area (Å²) in [6, 6.07) is 1.40. The third-order valence-corrected chi connectivity index (χ3v) is 1.55. The summed E-state index contributed by atoms with van der Waals surface area (Å²) in [5.74, 6) is 0. The lowest BCUT2D eigenvalue weighted by Gasteiger charge is -2.13. The third-order valence-electron chi connectivity index (χ3n) is 1.27. The molecule has 2 nitrogen and oxygen atoms in total. The van der Waals surface area contributed by atoms with Crippen LogP contribution in [0.5, 0.6) is 0 Å². The van der Waals surface area contributed by atoms with Crippen LogP contribution in [0, 0.1) is 6.20 Å². The first-order chi connectivity index (χ1) is 5.02. The van der Waals surface area contributed by atoms with Gasteiger partial charge in [0.1, 0.15) is 11.9 Å². The summed E-state index contributed by atoms with van der Waals surface area (Å²) in [5, 5.41) is 6.94. The molecule has 0 aliphatic heterocycles. The number of aromatic nitrogens is 2. The SMILES string of the molecule is CC(C)(F)c1c[c]nnc1Cl. The molecule has 0 unspecified atom stereocenters. The van der Waals surface area contributed by atoms with Crippen LogP contribution >= 0.6 is 11.6 Å². The summed E-state index contributed by atoms with van der Waals surface area (Å²) in [5.41, 5.74) is -1.17. The van der Waals surface area contributed by atoms with E-state index in [1.54, 1.807) is 0 Å². The minimum Gasteiger partial charge on any atom is -0.239 e. The van der Waals surface area contributed by atoms with E-state index < -0.39 is 5.67 Å². The molecular formula is C7H7ClFN2. The van der Waals surface area contributed by atoms with Gasteiger partial charge in [0.05, 0.1) is 0 Å². The highest BCUT2D eigenvalue weighted by Crippen LogP contribution is 2.28. The first kappa shape index (κ1) is 8.40. The molecule has 1 aromatic heterocycles. The lowest BCUT2D eigenvalue weighted by atomic mass is 10.0. The first-order valence-electron chi connectivity index (χ1n) is 3.10. The number of nitrogens with zero attached hydrogens (tertiary/aromatic N) is 2. The van der Waals surface area contributed by atoms with Crippen molar-refractivity contribution in [1.82, 2.24) is 10.2 Å². The maximum atomic E-state index is 13.2. The van der Waals surface area contributed by atoms with E-state index in [1.807, 2.05) is 0 Å². The maximum absolute atomic E-state index is 13.2. The summed E-state index contributed by atoms with van der Waals surface area (Å²) in [7, 11) is 0. The van der Waals surface area contributed by atoms with Crippen LogP contribution in [0.4, 0.5) is 4.39 Å². The molecule has 0 atom stereocenters. The lowest BCUT2D eigenvalue weighted by molar-refractivity contribution is 0.220. The number of rotatable bonds is 1. The second-order valence-electron chi connectivity index (χ2n) is 2.65. The van der Waals surface area contributed by atoms with Crippen molar-refractivity contribution in [2.24, 2.45) is 0 Å². The summed E-state index contributed by atoms with van der Waals surface area (Å²) >= 11 is 5.58. The Kier molecular flexibility index (Phi) is 2.09. The monoisotopic (exact) mass is 173 g/mol. The molecule has 0 aromatic carbocycles. The molecule has 1 radical (unpaired) electrons. The number of alkyl halides is 1. The molecule has 11 heavy (non-hydrogen) atoms. The standard InChI is InChI=1S/C7H7ClFN2/c1-7(2,9)5-3-4-10-11-6(5)8/h3H,1-2H3. The predicted octanol–water partition coefficient (Wildman–Crippen LogP) is 2.13. The van der Waals surface area contributed by atoms with Crippen molar-refractivity contribution in [3.8, 4) is 0 Å². The Morgan fingerprint density at radius 1 is 1.64 bits per heavy atom. The van der Waals surface area contributed by atoms with Gasteiger partial charge in [-0.05, 0) is 19.9 Å². The van der Waals surface area contributed by atoms with Gasteiger partial charge in [-0.25, -0.2) is 4.39 Å². The molecule has 59 valence electrons. The normalized spacial score (nSPS) is 11.6. The molecule has 0 saturated heterocycles. The van der Waals surface area contributed by atoms with Crippen molar-refractivity contribution in [2.75, 3.05) is 0 Å². The van der Waals surface area contributed by atoms with E-state index in [0.29, 0.717) is 5.56 Å². The van der Waals surface area contributed by atoms with Gasteiger partial charge in [-0.1, -0.05) is 11.6 Å². The topological polar surface area (TPSA) is 25.8 Å². The van der Waals surface area contributed by atoms with Gasteiger partial charge in [-0.3, -0.25) is 0 Å². The molecule has 0 saturated carbocycles. The quantitative estimate of drug-likeness (QED) is 0.650. The number of hydrogen-bond donors (Lipinski definition) is 0. The van der Waals surface area contributed by atoms with Gasteiger partial charge in [0.25, 0.3) is 0 Å². The van der Waals surface area contributed by atoms with Crippen LogP contribution in [-0.4, -0.2) is 10.2 Å². The fraction of sp³-hybridized carbons (Fsp3) is 0.429. The summed E-state index contributed by atoms with van der Waals surface area (Å²) in [6.45, 7) is 2.81. The van der Waals surface area contributed by atoms with Crippen molar-refractivity contribution < 1.29 is 4.39 Å². The lowest BCUT2D eigenvalue weighted by Crippen LogP contribution is -2.10. The molecule has 1 rings (SSSR count). The molecule has 0 aliphatic rings. The highest BCUT2D eigenvalue weighted by Gasteiger charge is 2.22. The second-order valence-corrected chi connectivity index (χ2v) is 3.01. The minimum atomic E-state index is -1.48. The van der Waals surface area contributed by atoms with Gasteiger partial charge >= 0.3 is 0 Å². The van der Waals surface area contributed by atoms with Crippen molar-refractivity contribution >= 4 is 11.6 Å². The van der Waals surface area contributed by atoms with Gasteiger partial charge in [-0.15, -0.1) is 10.2 Å². The Morgan fingerprint density at radius 2 is 2.27 bits per heavy atom.